The van der Waals surface area contributed by atoms with Gasteiger partial charge in [-0.05, 0) is 25.0 Å². The van der Waals surface area contributed by atoms with Gasteiger partial charge in [-0.25, -0.2) is 4.98 Å². The fourth-order valence-corrected chi connectivity index (χ4v) is 3.07. The summed E-state index contributed by atoms with van der Waals surface area (Å²) < 4.78 is 5.32. The van der Waals surface area contributed by atoms with Crippen molar-refractivity contribution in [3.63, 3.8) is 0 Å². The van der Waals surface area contributed by atoms with Crippen molar-refractivity contribution in [1.29, 1.82) is 0 Å². The molecule has 0 aliphatic rings. The summed E-state index contributed by atoms with van der Waals surface area (Å²) >= 11 is 1.65. The van der Waals surface area contributed by atoms with Gasteiger partial charge in [-0.3, -0.25) is 4.79 Å². The molecule has 22 heavy (non-hydrogen) atoms. The molecular formula is C17H22N2O2S. The summed E-state index contributed by atoms with van der Waals surface area (Å²) in [4.78, 5) is 19.5. The zero-order valence-electron chi connectivity index (χ0n) is 13.3. The van der Waals surface area contributed by atoms with Gasteiger partial charge in [0.05, 0.1) is 18.3 Å². The van der Waals surface area contributed by atoms with Crippen molar-refractivity contribution in [2.45, 2.75) is 26.2 Å². The average molecular weight is 318 g/mol. The van der Waals surface area contributed by atoms with Gasteiger partial charge in [0.15, 0.2) is 0 Å². The standard InChI is InChI=1S/C17H22N2O2S/c1-13-16(22-12-18-13)10-11-19(2)17(20)9-8-14-6-4-5-7-15(14)21-3/h4-7,12H,8-11H2,1-3H3. The summed E-state index contributed by atoms with van der Waals surface area (Å²) in [6.45, 7) is 2.74. The Morgan fingerprint density at radius 3 is 2.77 bits per heavy atom. The maximum absolute atomic E-state index is 12.2. The molecule has 0 fully saturated rings. The number of hydrogen-bond donors (Lipinski definition) is 0. The summed E-state index contributed by atoms with van der Waals surface area (Å²) in [7, 11) is 3.52. The lowest BCUT2D eigenvalue weighted by Crippen LogP contribution is -2.29. The number of aromatic nitrogens is 1. The van der Waals surface area contributed by atoms with Crippen molar-refractivity contribution in [2.75, 3.05) is 20.7 Å². The smallest absolute Gasteiger partial charge is 0.222 e. The minimum atomic E-state index is 0.160. The molecule has 2 rings (SSSR count). The van der Waals surface area contributed by atoms with Crippen LogP contribution in [0, 0.1) is 6.92 Å². The molecule has 1 amide bonds. The first kappa shape index (κ1) is 16.5. The second kappa shape index (κ2) is 7.94. The van der Waals surface area contributed by atoms with Gasteiger partial charge in [-0.2, -0.15) is 0 Å². The Kier molecular flexibility index (Phi) is 5.95. The Labute approximate surface area is 135 Å². The Morgan fingerprint density at radius 2 is 2.09 bits per heavy atom. The Morgan fingerprint density at radius 1 is 1.32 bits per heavy atom. The highest BCUT2D eigenvalue weighted by atomic mass is 32.1. The van der Waals surface area contributed by atoms with Crippen LogP contribution in [-0.4, -0.2) is 36.5 Å². The van der Waals surface area contributed by atoms with E-state index in [9.17, 15) is 4.79 Å². The molecule has 1 heterocycles. The van der Waals surface area contributed by atoms with Crippen LogP contribution in [0.15, 0.2) is 29.8 Å². The maximum Gasteiger partial charge on any atom is 0.222 e. The molecule has 0 aliphatic carbocycles. The van der Waals surface area contributed by atoms with Crippen LogP contribution in [0.2, 0.25) is 0 Å². The zero-order valence-corrected chi connectivity index (χ0v) is 14.2. The monoisotopic (exact) mass is 318 g/mol. The van der Waals surface area contributed by atoms with Crippen molar-refractivity contribution < 1.29 is 9.53 Å². The number of rotatable bonds is 7. The van der Waals surface area contributed by atoms with Gasteiger partial charge in [0.2, 0.25) is 5.91 Å². The van der Waals surface area contributed by atoms with Crippen LogP contribution in [0.4, 0.5) is 0 Å². The molecule has 0 radical (unpaired) electrons. The van der Waals surface area contributed by atoms with E-state index < -0.39 is 0 Å². The van der Waals surface area contributed by atoms with E-state index >= 15 is 0 Å². The third-order valence-electron chi connectivity index (χ3n) is 3.75. The van der Waals surface area contributed by atoms with Crippen LogP contribution >= 0.6 is 11.3 Å². The van der Waals surface area contributed by atoms with E-state index in [4.69, 9.17) is 4.74 Å². The van der Waals surface area contributed by atoms with Gasteiger partial charge in [0, 0.05) is 31.3 Å². The van der Waals surface area contributed by atoms with Crippen molar-refractivity contribution in [3.05, 3.63) is 45.9 Å². The highest BCUT2D eigenvalue weighted by molar-refractivity contribution is 7.09. The molecule has 5 heteroatoms. The zero-order chi connectivity index (χ0) is 15.9. The van der Waals surface area contributed by atoms with Gasteiger partial charge < -0.3 is 9.64 Å². The normalized spacial score (nSPS) is 10.5. The van der Waals surface area contributed by atoms with E-state index in [0.717, 1.165) is 30.0 Å². The van der Waals surface area contributed by atoms with Crippen molar-refractivity contribution in [3.8, 4) is 5.75 Å². The lowest BCUT2D eigenvalue weighted by molar-refractivity contribution is -0.129. The maximum atomic E-state index is 12.2. The number of amides is 1. The van der Waals surface area contributed by atoms with Crippen LogP contribution in [0.1, 0.15) is 22.6 Å². The fourth-order valence-electron chi connectivity index (χ4n) is 2.30. The van der Waals surface area contributed by atoms with Crippen molar-refractivity contribution in [1.82, 2.24) is 9.88 Å². The highest BCUT2D eigenvalue weighted by Gasteiger charge is 2.11. The third kappa shape index (κ3) is 4.31. The topological polar surface area (TPSA) is 42.4 Å². The van der Waals surface area contributed by atoms with Gasteiger partial charge in [0.25, 0.3) is 0 Å². The molecule has 0 aliphatic heterocycles. The number of carbonyl (C=O) groups excluding carboxylic acids is 1. The number of methoxy groups -OCH3 is 1. The van der Waals surface area contributed by atoms with Crippen molar-refractivity contribution >= 4 is 17.2 Å². The number of likely N-dealkylation sites (N-methyl/N-ethyl adjacent to an activating group) is 1. The molecule has 0 bridgehead atoms. The first-order valence-electron chi connectivity index (χ1n) is 7.36. The fraction of sp³-hybridized carbons (Fsp3) is 0.412. The molecule has 118 valence electrons. The number of thiazole rings is 1. The molecule has 0 saturated carbocycles. The van der Waals surface area contributed by atoms with Gasteiger partial charge in [0.1, 0.15) is 5.75 Å². The predicted molar refractivity (Wildman–Crippen MR) is 89.5 cm³/mol. The molecule has 0 unspecified atom stereocenters. The summed E-state index contributed by atoms with van der Waals surface area (Å²) in [5.41, 5.74) is 4.00. The number of ether oxygens (including phenoxy) is 1. The number of carbonyl (C=O) groups is 1. The number of benzene rings is 1. The van der Waals surface area contributed by atoms with Crippen molar-refractivity contribution in [2.24, 2.45) is 0 Å². The first-order chi connectivity index (χ1) is 10.6. The second-order valence-corrected chi connectivity index (χ2v) is 6.18. The molecule has 1 aromatic heterocycles. The van der Waals surface area contributed by atoms with E-state index in [1.165, 1.54) is 4.88 Å². The second-order valence-electron chi connectivity index (χ2n) is 5.24. The van der Waals surface area contributed by atoms with Crippen LogP contribution < -0.4 is 4.74 Å². The SMILES string of the molecule is COc1ccccc1CCC(=O)N(C)CCc1scnc1C. The summed E-state index contributed by atoms with van der Waals surface area (Å²) in [6, 6.07) is 7.84. The van der Waals surface area contributed by atoms with Gasteiger partial charge in [-0.15, -0.1) is 11.3 Å². The molecule has 0 N–H and O–H groups in total. The largest absolute Gasteiger partial charge is 0.496 e. The van der Waals surface area contributed by atoms with Gasteiger partial charge in [-0.1, -0.05) is 18.2 Å². The number of nitrogens with zero attached hydrogens (tertiary/aromatic N) is 2. The molecule has 1 aromatic carbocycles. The van der Waals surface area contributed by atoms with E-state index in [1.807, 2.05) is 43.7 Å². The Bertz CT molecular complexity index is 625. The molecule has 0 saturated heterocycles. The lowest BCUT2D eigenvalue weighted by atomic mass is 10.1. The van der Waals surface area contributed by atoms with Crippen LogP contribution in [0.5, 0.6) is 5.75 Å². The molecule has 0 spiro atoms. The Balaban J connectivity index is 1.82. The van der Waals surface area contributed by atoms with Crippen LogP contribution in [0.3, 0.4) is 0 Å². The summed E-state index contributed by atoms with van der Waals surface area (Å²) in [5, 5.41) is 0. The van der Waals surface area contributed by atoms with E-state index in [2.05, 4.69) is 4.98 Å². The number of para-hydroxylation sites is 1. The molecule has 4 nitrogen and oxygen atoms in total. The minimum absolute atomic E-state index is 0.160. The van der Waals surface area contributed by atoms with E-state index in [0.29, 0.717) is 12.8 Å². The van der Waals surface area contributed by atoms with Crippen LogP contribution in [-0.2, 0) is 17.6 Å². The highest BCUT2D eigenvalue weighted by Crippen LogP contribution is 2.19. The third-order valence-corrected chi connectivity index (χ3v) is 4.74. The quantitative estimate of drug-likeness (QED) is 0.788. The minimum Gasteiger partial charge on any atom is -0.496 e. The van der Waals surface area contributed by atoms with E-state index in [1.54, 1.807) is 23.3 Å². The molecule has 0 atom stereocenters. The van der Waals surface area contributed by atoms with Gasteiger partial charge >= 0.3 is 0 Å². The lowest BCUT2D eigenvalue weighted by Gasteiger charge is -2.17. The number of aryl methyl sites for hydroxylation is 2. The molecule has 2 aromatic rings. The predicted octanol–water partition coefficient (Wildman–Crippen LogP) is 3.09. The first-order valence-corrected chi connectivity index (χ1v) is 8.24. The average Bonchev–Trinajstić information content (AvgIpc) is 2.95. The number of hydrogen-bond acceptors (Lipinski definition) is 4. The molecular weight excluding hydrogens is 296 g/mol. The van der Waals surface area contributed by atoms with Crippen LogP contribution in [0.25, 0.3) is 0 Å². The summed E-state index contributed by atoms with van der Waals surface area (Å²) in [6.07, 6.45) is 2.07. The van der Waals surface area contributed by atoms with E-state index in [-0.39, 0.29) is 5.91 Å². The summed E-state index contributed by atoms with van der Waals surface area (Å²) in [5.74, 6) is 1.01. The Hall–Kier alpha value is -1.88.